The average Bonchev–Trinajstić information content (AvgIpc) is 2.42. The highest BCUT2D eigenvalue weighted by Gasteiger charge is 2.04. The van der Waals surface area contributed by atoms with Crippen molar-refractivity contribution in [2.75, 3.05) is 13.2 Å². The first-order chi connectivity index (χ1) is 9.63. The Morgan fingerprint density at radius 1 is 1.30 bits per heavy atom. The maximum Gasteiger partial charge on any atom is 0.404 e. The summed E-state index contributed by atoms with van der Waals surface area (Å²) in [6.07, 6.45) is 2.88. The lowest BCUT2D eigenvalue weighted by atomic mass is 10.2. The van der Waals surface area contributed by atoms with Crippen molar-refractivity contribution in [3.63, 3.8) is 0 Å². The zero-order chi connectivity index (χ0) is 14.8. The zero-order valence-electron chi connectivity index (χ0n) is 11.1. The van der Waals surface area contributed by atoms with Gasteiger partial charge in [0.05, 0.1) is 6.61 Å². The van der Waals surface area contributed by atoms with E-state index < -0.39 is 11.9 Å². The SMILES string of the molecule is O=Cc1ccc(OCCCCCCNC(=O)O)c(F)c1. The molecule has 1 amide bonds. The number of hydrogen-bond acceptors (Lipinski definition) is 3. The predicted molar refractivity (Wildman–Crippen MR) is 71.8 cm³/mol. The number of halogens is 1. The van der Waals surface area contributed by atoms with Crippen LogP contribution in [0.3, 0.4) is 0 Å². The van der Waals surface area contributed by atoms with Gasteiger partial charge < -0.3 is 15.2 Å². The molecular formula is C14H18FNO4. The first-order valence-electron chi connectivity index (χ1n) is 6.48. The molecule has 6 heteroatoms. The van der Waals surface area contributed by atoms with Crippen LogP contribution >= 0.6 is 0 Å². The molecule has 0 spiro atoms. The van der Waals surface area contributed by atoms with Crippen LogP contribution in [0.25, 0.3) is 0 Å². The summed E-state index contributed by atoms with van der Waals surface area (Å²) in [4.78, 5) is 20.6. The molecule has 0 atom stereocenters. The van der Waals surface area contributed by atoms with Gasteiger partial charge in [0.15, 0.2) is 11.6 Å². The number of aldehydes is 1. The van der Waals surface area contributed by atoms with Gasteiger partial charge in [0.2, 0.25) is 0 Å². The van der Waals surface area contributed by atoms with Gasteiger partial charge in [-0.05, 0) is 31.0 Å². The normalized spacial score (nSPS) is 10.1. The van der Waals surface area contributed by atoms with Gasteiger partial charge in [-0.1, -0.05) is 12.8 Å². The number of benzene rings is 1. The van der Waals surface area contributed by atoms with Crippen molar-refractivity contribution in [2.45, 2.75) is 25.7 Å². The minimum absolute atomic E-state index is 0.142. The second-order valence-corrected chi connectivity index (χ2v) is 4.30. The highest BCUT2D eigenvalue weighted by atomic mass is 19.1. The molecule has 110 valence electrons. The number of hydrogen-bond donors (Lipinski definition) is 2. The summed E-state index contributed by atoms with van der Waals surface area (Å²) in [5, 5.41) is 10.6. The molecule has 0 saturated carbocycles. The molecule has 0 aromatic heterocycles. The number of amides is 1. The second-order valence-electron chi connectivity index (χ2n) is 4.30. The summed E-state index contributed by atoms with van der Waals surface area (Å²) in [7, 11) is 0. The fourth-order valence-corrected chi connectivity index (χ4v) is 1.67. The van der Waals surface area contributed by atoms with E-state index in [1.807, 2.05) is 0 Å². The molecule has 0 aliphatic heterocycles. The van der Waals surface area contributed by atoms with Crippen molar-refractivity contribution in [3.05, 3.63) is 29.6 Å². The van der Waals surface area contributed by atoms with E-state index in [0.29, 0.717) is 19.4 Å². The van der Waals surface area contributed by atoms with Crippen LogP contribution in [0, 0.1) is 5.82 Å². The number of unbranched alkanes of at least 4 members (excludes halogenated alkanes) is 3. The highest BCUT2D eigenvalue weighted by molar-refractivity contribution is 5.74. The molecule has 2 N–H and O–H groups in total. The van der Waals surface area contributed by atoms with Gasteiger partial charge in [0.1, 0.15) is 6.29 Å². The number of ether oxygens (including phenoxy) is 1. The Hall–Kier alpha value is -2.11. The molecule has 20 heavy (non-hydrogen) atoms. The minimum atomic E-state index is -1.01. The monoisotopic (exact) mass is 283 g/mol. The van der Waals surface area contributed by atoms with Crippen molar-refractivity contribution in [3.8, 4) is 5.75 Å². The lowest BCUT2D eigenvalue weighted by molar-refractivity contribution is 0.112. The lowest BCUT2D eigenvalue weighted by Crippen LogP contribution is -2.21. The third-order valence-corrected chi connectivity index (χ3v) is 2.70. The molecule has 1 aromatic carbocycles. The molecule has 0 unspecified atom stereocenters. The maximum absolute atomic E-state index is 13.4. The summed E-state index contributed by atoms with van der Waals surface area (Å²) in [5.41, 5.74) is 0.279. The van der Waals surface area contributed by atoms with Gasteiger partial charge in [-0.25, -0.2) is 9.18 Å². The van der Waals surface area contributed by atoms with Crippen LogP contribution in [-0.2, 0) is 0 Å². The van der Waals surface area contributed by atoms with Crippen LogP contribution in [0.5, 0.6) is 5.75 Å². The third-order valence-electron chi connectivity index (χ3n) is 2.70. The predicted octanol–water partition coefficient (Wildman–Crippen LogP) is 2.85. The number of carbonyl (C=O) groups excluding carboxylic acids is 1. The molecular weight excluding hydrogens is 265 g/mol. The Balaban J connectivity index is 2.12. The maximum atomic E-state index is 13.4. The summed E-state index contributed by atoms with van der Waals surface area (Å²) in [5.74, 6) is -0.400. The average molecular weight is 283 g/mol. The molecule has 0 bridgehead atoms. The Morgan fingerprint density at radius 3 is 2.70 bits per heavy atom. The largest absolute Gasteiger partial charge is 0.491 e. The Kier molecular flexibility index (Phi) is 7.10. The number of carbonyl (C=O) groups is 2. The number of carboxylic acid groups (broad SMARTS) is 1. The Morgan fingerprint density at radius 2 is 2.05 bits per heavy atom. The Labute approximate surface area is 116 Å². The molecule has 0 fully saturated rings. The highest BCUT2D eigenvalue weighted by Crippen LogP contribution is 2.18. The number of nitrogens with one attached hydrogen (secondary N) is 1. The van der Waals surface area contributed by atoms with Crippen molar-refractivity contribution >= 4 is 12.4 Å². The standard InChI is InChI=1S/C14H18FNO4/c15-12-9-11(10-17)5-6-13(12)20-8-4-2-1-3-7-16-14(18)19/h5-6,9-10,16H,1-4,7-8H2,(H,18,19). The van der Waals surface area contributed by atoms with E-state index in [1.54, 1.807) is 0 Å². The summed E-state index contributed by atoms with van der Waals surface area (Å²) in [6, 6.07) is 4.08. The molecule has 0 aliphatic carbocycles. The minimum Gasteiger partial charge on any atom is -0.491 e. The summed E-state index contributed by atoms with van der Waals surface area (Å²) >= 11 is 0. The summed E-state index contributed by atoms with van der Waals surface area (Å²) < 4.78 is 18.7. The van der Waals surface area contributed by atoms with Crippen LogP contribution in [0.4, 0.5) is 9.18 Å². The van der Waals surface area contributed by atoms with E-state index >= 15 is 0 Å². The van der Waals surface area contributed by atoms with Crippen LogP contribution in [0.1, 0.15) is 36.0 Å². The molecule has 1 aromatic rings. The van der Waals surface area contributed by atoms with Gasteiger partial charge in [0.25, 0.3) is 0 Å². The van der Waals surface area contributed by atoms with Gasteiger partial charge in [-0.2, -0.15) is 0 Å². The fraction of sp³-hybridized carbons (Fsp3) is 0.429. The van der Waals surface area contributed by atoms with Crippen LogP contribution in [0.15, 0.2) is 18.2 Å². The van der Waals surface area contributed by atoms with Crippen LogP contribution < -0.4 is 10.1 Å². The van der Waals surface area contributed by atoms with Crippen molar-refractivity contribution < 1.29 is 23.8 Å². The lowest BCUT2D eigenvalue weighted by Gasteiger charge is -2.07. The Bertz CT molecular complexity index is 451. The van der Waals surface area contributed by atoms with E-state index in [0.717, 1.165) is 31.7 Å². The van der Waals surface area contributed by atoms with Crippen LogP contribution in [-0.4, -0.2) is 30.6 Å². The first kappa shape index (κ1) is 15.9. The van der Waals surface area contributed by atoms with Crippen molar-refractivity contribution in [1.29, 1.82) is 0 Å². The molecule has 0 aliphatic rings. The number of rotatable bonds is 9. The van der Waals surface area contributed by atoms with Gasteiger partial charge in [0, 0.05) is 12.1 Å². The molecule has 5 nitrogen and oxygen atoms in total. The van der Waals surface area contributed by atoms with Gasteiger partial charge >= 0.3 is 6.09 Å². The van der Waals surface area contributed by atoms with E-state index in [1.165, 1.54) is 12.1 Å². The van der Waals surface area contributed by atoms with E-state index in [4.69, 9.17) is 9.84 Å². The van der Waals surface area contributed by atoms with Crippen molar-refractivity contribution in [2.24, 2.45) is 0 Å². The topological polar surface area (TPSA) is 75.6 Å². The smallest absolute Gasteiger partial charge is 0.404 e. The molecule has 1 rings (SSSR count). The molecule has 0 heterocycles. The molecule has 0 radical (unpaired) electrons. The van der Waals surface area contributed by atoms with Crippen molar-refractivity contribution in [1.82, 2.24) is 5.32 Å². The zero-order valence-corrected chi connectivity index (χ0v) is 11.1. The van der Waals surface area contributed by atoms with Crippen LogP contribution in [0.2, 0.25) is 0 Å². The van der Waals surface area contributed by atoms with E-state index in [2.05, 4.69) is 5.32 Å². The van der Waals surface area contributed by atoms with Gasteiger partial charge in [-0.15, -0.1) is 0 Å². The quantitative estimate of drug-likeness (QED) is 0.539. The van der Waals surface area contributed by atoms with E-state index in [-0.39, 0.29) is 11.3 Å². The fourth-order valence-electron chi connectivity index (χ4n) is 1.67. The second kappa shape index (κ2) is 8.90. The molecule has 0 saturated heterocycles. The summed E-state index contributed by atoms with van der Waals surface area (Å²) in [6.45, 7) is 0.835. The first-order valence-corrected chi connectivity index (χ1v) is 6.48. The van der Waals surface area contributed by atoms with E-state index in [9.17, 15) is 14.0 Å². The van der Waals surface area contributed by atoms with Gasteiger partial charge in [-0.3, -0.25) is 4.79 Å². The third kappa shape index (κ3) is 6.17.